The highest BCUT2D eigenvalue weighted by atomic mass is 16.5. The van der Waals surface area contributed by atoms with Crippen molar-refractivity contribution in [3.63, 3.8) is 0 Å². The average molecular weight is 410 g/mol. The van der Waals surface area contributed by atoms with Gasteiger partial charge in [0.15, 0.2) is 0 Å². The first-order valence-electron chi connectivity index (χ1n) is 12.5. The van der Waals surface area contributed by atoms with Gasteiger partial charge in [-0.2, -0.15) is 0 Å². The number of esters is 1. The van der Waals surface area contributed by atoms with Gasteiger partial charge in [-0.3, -0.25) is 4.79 Å². The molecule has 1 unspecified atom stereocenters. The maximum Gasteiger partial charge on any atom is 0.328 e. The lowest BCUT2D eigenvalue weighted by Crippen LogP contribution is -2.45. The van der Waals surface area contributed by atoms with E-state index in [0.717, 1.165) is 19.3 Å². The van der Waals surface area contributed by atoms with Crippen molar-refractivity contribution in [1.82, 2.24) is 5.32 Å². The van der Waals surface area contributed by atoms with Crippen molar-refractivity contribution in [2.45, 2.75) is 130 Å². The van der Waals surface area contributed by atoms with E-state index in [0.29, 0.717) is 18.9 Å². The summed E-state index contributed by atoms with van der Waals surface area (Å²) in [5.41, 5.74) is 0. The Hall–Kier alpha value is -1.06. The van der Waals surface area contributed by atoms with Gasteiger partial charge in [-0.25, -0.2) is 4.79 Å². The lowest BCUT2D eigenvalue weighted by Gasteiger charge is -2.21. The van der Waals surface area contributed by atoms with Crippen molar-refractivity contribution >= 4 is 11.9 Å². The van der Waals surface area contributed by atoms with Crippen LogP contribution in [0, 0.1) is 11.8 Å². The van der Waals surface area contributed by atoms with Gasteiger partial charge in [0.25, 0.3) is 0 Å². The van der Waals surface area contributed by atoms with E-state index in [1.807, 2.05) is 13.8 Å². The molecule has 1 rings (SSSR count). The van der Waals surface area contributed by atoms with Crippen LogP contribution in [-0.2, 0) is 14.3 Å². The second kappa shape index (κ2) is 16.7. The number of hydrogen-bond acceptors (Lipinski definition) is 3. The topological polar surface area (TPSA) is 55.4 Å². The minimum absolute atomic E-state index is 0.00788. The van der Waals surface area contributed by atoms with Gasteiger partial charge in [0, 0.05) is 6.42 Å². The van der Waals surface area contributed by atoms with E-state index in [4.69, 9.17) is 4.74 Å². The maximum absolute atomic E-state index is 12.4. The van der Waals surface area contributed by atoms with Gasteiger partial charge in [0.1, 0.15) is 6.04 Å². The molecule has 170 valence electrons. The Balaban J connectivity index is 2.08. The molecule has 0 bridgehead atoms. The van der Waals surface area contributed by atoms with Crippen molar-refractivity contribution in [2.24, 2.45) is 11.8 Å². The quantitative estimate of drug-likeness (QED) is 0.218. The van der Waals surface area contributed by atoms with Crippen LogP contribution in [0.3, 0.4) is 0 Å². The third kappa shape index (κ3) is 13.0. The van der Waals surface area contributed by atoms with Crippen LogP contribution in [-0.4, -0.2) is 24.5 Å². The summed E-state index contributed by atoms with van der Waals surface area (Å²) in [5.74, 6) is 0.462. The molecular formula is C25H47NO3. The summed E-state index contributed by atoms with van der Waals surface area (Å²) in [6.45, 7) is 6.64. The van der Waals surface area contributed by atoms with Crippen molar-refractivity contribution in [2.75, 3.05) is 6.61 Å². The van der Waals surface area contributed by atoms with Crippen molar-refractivity contribution in [3.05, 3.63) is 0 Å². The zero-order valence-corrected chi connectivity index (χ0v) is 19.5. The first-order valence-corrected chi connectivity index (χ1v) is 12.5. The van der Waals surface area contributed by atoms with E-state index in [1.165, 1.54) is 77.0 Å². The number of carbonyl (C=O) groups is 2. The third-order valence-electron chi connectivity index (χ3n) is 6.23. The first-order chi connectivity index (χ1) is 14.0. The molecule has 1 saturated carbocycles. The number of amides is 1. The maximum atomic E-state index is 12.4. The molecule has 0 aliphatic heterocycles. The van der Waals surface area contributed by atoms with Crippen molar-refractivity contribution < 1.29 is 14.3 Å². The highest BCUT2D eigenvalue weighted by Gasteiger charge is 2.26. The monoisotopic (exact) mass is 409 g/mol. The number of unbranched alkanes of at least 4 members (excludes halogenated alkanes) is 9. The van der Waals surface area contributed by atoms with E-state index in [9.17, 15) is 9.59 Å². The van der Waals surface area contributed by atoms with Crippen LogP contribution in [0.5, 0.6) is 0 Å². The zero-order valence-electron chi connectivity index (χ0n) is 19.5. The Morgan fingerprint density at radius 2 is 1.45 bits per heavy atom. The van der Waals surface area contributed by atoms with Crippen LogP contribution >= 0.6 is 0 Å². The van der Waals surface area contributed by atoms with Gasteiger partial charge < -0.3 is 10.1 Å². The summed E-state index contributed by atoms with van der Waals surface area (Å²) in [6.07, 6.45) is 19.2. The molecule has 0 spiro atoms. The number of nitrogens with one attached hydrogen (secondary N) is 1. The Kier molecular flexibility index (Phi) is 15.0. The van der Waals surface area contributed by atoms with Crippen LogP contribution in [0.15, 0.2) is 0 Å². The fourth-order valence-corrected chi connectivity index (χ4v) is 4.23. The third-order valence-corrected chi connectivity index (χ3v) is 6.23. The fourth-order valence-electron chi connectivity index (χ4n) is 4.23. The lowest BCUT2D eigenvalue weighted by atomic mass is 10.0. The predicted octanol–water partition coefficient (Wildman–Crippen LogP) is 6.56. The van der Waals surface area contributed by atoms with Crippen LogP contribution < -0.4 is 5.32 Å². The number of carbonyl (C=O) groups excluding carboxylic acids is 2. The molecule has 1 aliphatic carbocycles. The minimum atomic E-state index is -0.519. The molecule has 4 heteroatoms. The van der Waals surface area contributed by atoms with E-state index >= 15 is 0 Å². The number of hydrogen-bond donors (Lipinski definition) is 1. The van der Waals surface area contributed by atoms with Crippen LogP contribution in [0.2, 0.25) is 0 Å². The normalized spacial score (nSPS) is 15.6. The predicted molar refractivity (Wildman–Crippen MR) is 121 cm³/mol. The van der Waals surface area contributed by atoms with Gasteiger partial charge in [-0.1, -0.05) is 104 Å². The molecule has 1 aliphatic rings. The fraction of sp³-hybridized carbons (Fsp3) is 0.920. The Labute approximate surface area is 179 Å². The highest BCUT2D eigenvalue weighted by molar-refractivity contribution is 5.84. The largest absolute Gasteiger partial charge is 0.464 e. The van der Waals surface area contributed by atoms with E-state index in [2.05, 4.69) is 12.2 Å². The SMILES string of the molecule is CCCCCCCCCCCCOC(=O)C(NC(=O)CCC1CCCC1)C(C)C. The van der Waals surface area contributed by atoms with Crippen molar-refractivity contribution in [1.29, 1.82) is 0 Å². The number of rotatable bonds is 17. The molecule has 1 fully saturated rings. The molecule has 1 amide bonds. The van der Waals surface area contributed by atoms with Gasteiger partial charge in [0.2, 0.25) is 5.91 Å². The standard InChI is InChI=1S/C25H47NO3/c1-4-5-6-7-8-9-10-11-12-15-20-29-25(28)24(21(2)3)26-23(27)19-18-22-16-13-14-17-22/h21-22,24H,4-20H2,1-3H3,(H,26,27). The average Bonchev–Trinajstić information content (AvgIpc) is 3.22. The molecule has 0 aromatic rings. The van der Waals surface area contributed by atoms with Crippen LogP contribution in [0.1, 0.15) is 124 Å². The van der Waals surface area contributed by atoms with Gasteiger partial charge in [-0.05, 0) is 24.7 Å². The van der Waals surface area contributed by atoms with E-state index in [-0.39, 0.29) is 17.8 Å². The van der Waals surface area contributed by atoms with Crippen molar-refractivity contribution in [3.8, 4) is 0 Å². The summed E-state index contributed by atoms with van der Waals surface area (Å²) in [7, 11) is 0. The Bertz CT molecular complexity index is 430. The summed E-state index contributed by atoms with van der Waals surface area (Å²) >= 11 is 0. The smallest absolute Gasteiger partial charge is 0.328 e. The van der Waals surface area contributed by atoms with Gasteiger partial charge in [0.05, 0.1) is 6.61 Å². The van der Waals surface area contributed by atoms with Gasteiger partial charge >= 0.3 is 5.97 Å². The Morgan fingerprint density at radius 1 is 0.897 bits per heavy atom. The molecule has 1 atom stereocenters. The molecule has 4 nitrogen and oxygen atoms in total. The summed E-state index contributed by atoms with van der Waals surface area (Å²) < 4.78 is 5.46. The molecule has 0 heterocycles. The summed E-state index contributed by atoms with van der Waals surface area (Å²) in [5, 5.41) is 2.92. The lowest BCUT2D eigenvalue weighted by molar-refractivity contribution is -0.149. The molecule has 1 N–H and O–H groups in total. The summed E-state index contributed by atoms with van der Waals surface area (Å²) in [6, 6.07) is -0.519. The minimum Gasteiger partial charge on any atom is -0.464 e. The molecule has 0 saturated heterocycles. The number of ether oxygens (including phenoxy) is 1. The second-order valence-corrected chi connectivity index (χ2v) is 9.33. The van der Waals surface area contributed by atoms with E-state index < -0.39 is 6.04 Å². The second-order valence-electron chi connectivity index (χ2n) is 9.33. The Morgan fingerprint density at radius 3 is 2.00 bits per heavy atom. The summed E-state index contributed by atoms with van der Waals surface area (Å²) in [4.78, 5) is 24.7. The molecule has 0 radical (unpaired) electrons. The molecule has 29 heavy (non-hydrogen) atoms. The molecule has 0 aromatic carbocycles. The van der Waals surface area contributed by atoms with Crippen LogP contribution in [0.4, 0.5) is 0 Å². The first kappa shape index (κ1) is 26.0. The van der Waals surface area contributed by atoms with E-state index in [1.54, 1.807) is 0 Å². The molecular weight excluding hydrogens is 362 g/mol. The zero-order chi connectivity index (χ0) is 21.3. The molecule has 0 aromatic heterocycles. The highest BCUT2D eigenvalue weighted by Crippen LogP contribution is 2.28. The van der Waals surface area contributed by atoms with Gasteiger partial charge in [-0.15, -0.1) is 0 Å². The van der Waals surface area contributed by atoms with Crippen LogP contribution in [0.25, 0.3) is 0 Å².